The maximum atomic E-state index is 12.4. The van der Waals surface area contributed by atoms with E-state index in [1.807, 2.05) is 0 Å². The second kappa shape index (κ2) is 7.83. The van der Waals surface area contributed by atoms with E-state index in [4.69, 9.17) is 0 Å². The van der Waals surface area contributed by atoms with Gasteiger partial charge in [-0.1, -0.05) is 36.4 Å². The smallest absolute Gasteiger partial charge is 0.234 e. The monoisotopic (exact) mass is 405 g/mol. The fourth-order valence-electron chi connectivity index (χ4n) is 6.59. The third kappa shape index (κ3) is 3.99. The highest BCUT2D eigenvalue weighted by atomic mass is 32.2. The number of hydrogen-bond donors (Lipinski definition) is 1. The number of thioether (sulfide) groups is 1. The molecule has 4 fully saturated rings. The summed E-state index contributed by atoms with van der Waals surface area (Å²) in [7, 11) is 0. The van der Waals surface area contributed by atoms with Gasteiger partial charge in [0.1, 0.15) is 0 Å². The Morgan fingerprint density at radius 2 is 1.59 bits per heavy atom. The number of carbonyl (C=O) groups excluding carboxylic acids is 1. The van der Waals surface area contributed by atoms with Gasteiger partial charge < -0.3 is 5.32 Å². The van der Waals surface area contributed by atoms with E-state index in [0.717, 1.165) is 29.2 Å². The average Bonchev–Trinajstić information content (AvgIpc) is 2.69. The summed E-state index contributed by atoms with van der Waals surface area (Å²) in [5.74, 6) is 4.35. The molecule has 0 aliphatic heterocycles. The maximum absolute atomic E-state index is 12.4. The molecule has 4 saturated carbocycles. The zero-order chi connectivity index (χ0) is 19.8. The van der Waals surface area contributed by atoms with Crippen molar-refractivity contribution in [3.05, 3.63) is 65.2 Å². The summed E-state index contributed by atoms with van der Waals surface area (Å²) >= 11 is 1.68. The number of nitrogens with one attached hydrogen (secondary N) is 1. The molecule has 0 aromatic heterocycles. The number of aryl methyl sites for hydroxylation is 1. The second-order valence-electron chi connectivity index (χ2n) is 9.74. The number of amides is 1. The van der Waals surface area contributed by atoms with E-state index in [9.17, 15) is 4.79 Å². The summed E-state index contributed by atoms with van der Waals surface area (Å²) in [6.45, 7) is 2.13. The molecule has 1 amide bonds. The lowest BCUT2D eigenvalue weighted by Crippen LogP contribution is -2.48. The zero-order valence-electron chi connectivity index (χ0n) is 17.3. The van der Waals surface area contributed by atoms with Gasteiger partial charge in [0.05, 0.1) is 5.75 Å². The van der Waals surface area contributed by atoms with Crippen LogP contribution in [0.1, 0.15) is 55.2 Å². The minimum atomic E-state index is 0.0890. The molecule has 2 nitrogen and oxygen atoms in total. The summed E-state index contributed by atoms with van der Waals surface area (Å²) in [4.78, 5) is 12.4. The largest absolute Gasteiger partial charge is 0.325 e. The fraction of sp³-hybridized carbons (Fsp3) is 0.500. The van der Waals surface area contributed by atoms with Crippen LogP contribution < -0.4 is 5.32 Å². The highest BCUT2D eigenvalue weighted by Crippen LogP contribution is 2.60. The molecule has 0 spiro atoms. The van der Waals surface area contributed by atoms with Gasteiger partial charge in [-0.2, -0.15) is 0 Å². The molecule has 0 saturated heterocycles. The van der Waals surface area contributed by atoms with Crippen LogP contribution in [0.4, 0.5) is 5.69 Å². The molecule has 6 rings (SSSR count). The van der Waals surface area contributed by atoms with Crippen LogP contribution in [-0.2, 0) is 16.0 Å². The van der Waals surface area contributed by atoms with E-state index in [1.165, 1.54) is 55.2 Å². The predicted molar refractivity (Wildman–Crippen MR) is 122 cm³/mol. The molecular weight excluding hydrogens is 374 g/mol. The molecule has 3 heteroatoms. The number of hydrogen-bond acceptors (Lipinski definition) is 2. The van der Waals surface area contributed by atoms with Gasteiger partial charge in [0.25, 0.3) is 0 Å². The van der Waals surface area contributed by atoms with E-state index in [2.05, 4.69) is 60.8 Å². The van der Waals surface area contributed by atoms with Crippen molar-refractivity contribution >= 4 is 23.4 Å². The van der Waals surface area contributed by atoms with Crippen molar-refractivity contribution in [2.75, 3.05) is 11.1 Å². The van der Waals surface area contributed by atoms with Gasteiger partial charge in [-0.15, -0.1) is 11.8 Å². The highest BCUT2D eigenvalue weighted by molar-refractivity contribution is 7.99. The molecule has 0 atom stereocenters. The van der Waals surface area contributed by atoms with Gasteiger partial charge >= 0.3 is 0 Å². The van der Waals surface area contributed by atoms with Crippen LogP contribution in [0.5, 0.6) is 0 Å². The van der Waals surface area contributed by atoms with Gasteiger partial charge in [0, 0.05) is 11.4 Å². The molecule has 2 aromatic rings. The lowest BCUT2D eigenvalue weighted by Gasteiger charge is -2.57. The first-order chi connectivity index (χ1) is 14.1. The lowest BCUT2D eigenvalue weighted by molar-refractivity contribution is -0.113. The SMILES string of the molecule is Cc1ccccc1CSCC(=O)Nc1ccc(C23CC4CC(CC(C4)C2)C3)cc1. The van der Waals surface area contributed by atoms with E-state index < -0.39 is 0 Å². The number of anilines is 1. The van der Waals surface area contributed by atoms with Gasteiger partial charge in [-0.3, -0.25) is 4.79 Å². The van der Waals surface area contributed by atoms with Crippen LogP contribution in [-0.4, -0.2) is 11.7 Å². The van der Waals surface area contributed by atoms with Crippen molar-refractivity contribution < 1.29 is 4.79 Å². The summed E-state index contributed by atoms with van der Waals surface area (Å²) in [6, 6.07) is 17.2. The van der Waals surface area contributed by atoms with E-state index >= 15 is 0 Å². The number of carbonyl (C=O) groups is 1. The minimum absolute atomic E-state index is 0.0890. The first kappa shape index (κ1) is 19.2. The summed E-state index contributed by atoms with van der Waals surface area (Å²) in [5.41, 5.74) is 5.48. The minimum Gasteiger partial charge on any atom is -0.325 e. The third-order valence-corrected chi connectivity index (χ3v) is 8.55. The normalized spacial score (nSPS) is 29.8. The first-order valence-electron chi connectivity index (χ1n) is 11.1. The average molecular weight is 406 g/mol. The van der Waals surface area contributed by atoms with Crippen molar-refractivity contribution in [2.45, 2.75) is 56.6 Å². The van der Waals surface area contributed by atoms with Crippen molar-refractivity contribution in [3.8, 4) is 0 Å². The topological polar surface area (TPSA) is 29.1 Å². The van der Waals surface area contributed by atoms with Gasteiger partial charge in [-0.25, -0.2) is 0 Å². The van der Waals surface area contributed by atoms with Gasteiger partial charge in [0.2, 0.25) is 5.91 Å². The van der Waals surface area contributed by atoms with Gasteiger partial charge in [0.15, 0.2) is 0 Å². The van der Waals surface area contributed by atoms with Crippen molar-refractivity contribution in [1.82, 2.24) is 0 Å². The molecule has 4 aliphatic rings. The Labute approximate surface area is 178 Å². The van der Waals surface area contributed by atoms with Crippen LogP contribution in [0.2, 0.25) is 0 Å². The van der Waals surface area contributed by atoms with Gasteiger partial charge in [-0.05, 0) is 97.4 Å². The Kier molecular flexibility index (Phi) is 5.19. The summed E-state index contributed by atoms with van der Waals surface area (Å²) < 4.78 is 0. The van der Waals surface area contributed by atoms with Crippen LogP contribution in [0.15, 0.2) is 48.5 Å². The Bertz CT molecular complexity index is 853. The lowest BCUT2D eigenvalue weighted by atomic mass is 9.48. The maximum Gasteiger partial charge on any atom is 0.234 e. The Morgan fingerprint density at radius 1 is 0.966 bits per heavy atom. The molecule has 0 unspecified atom stereocenters. The van der Waals surface area contributed by atoms with E-state index in [0.29, 0.717) is 11.2 Å². The standard InChI is InChI=1S/C26H31NOS/c1-18-4-2-3-5-22(18)16-29-17-25(28)27-24-8-6-23(7-9-24)26-13-19-10-20(14-26)12-21(11-19)15-26/h2-9,19-21H,10-17H2,1H3,(H,27,28). The first-order valence-corrected chi connectivity index (χ1v) is 12.3. The summed E-state index contributed by atoms with van der Waals surface area (Å²) in [5, 5.41) is 3.08. The molecule has 29 heavy (non-hydrogen) atoms. The molecule has 152 valence electrons. The zero-order valence-corrected chi connectivity index (χ0v) is 18.1. The van der Waals surface area contributed by atoms with E-state index in [1.54, 1.807) is 11.8 Å². The molecule has 2 aromatic carbocycles. The highest BCUT2D eigenvalue weighted by Gasteiger charge is 2.51. The van der Waals surface area contributed by atoms with Crippen LogP contribution in [0, 0.1) is 24.7 Å². The number of benzene rings is 2. The van der Waals surface area contributed by atoms with E-state index in [-0.39, 0.29) is 5.91 Å². The summed E-state index contributed by atoms with van der Waals surface area (Å²) in [6.07, 6.45) is 8.61. The Hall–Kier alpha value is -1.74. The fourth-order valence-corrected chi connectivity index (χ4v) is 7.50. The van der Waals surface area contributed by atoms with Crippen molar-refractivity contribution in [1.29, 1.82) is 0 Å². The quantitative estimate of drug-likeness (QED) is 0.608. The van der Waals surface area contributed by atoms with Crippen molar-refractivity contribution in [2.24, 2.45) is 17.8 Å². The van der Waals surface area contributed by atoms with Crippen molar-refractivity contribution in [3.63, 3.8) is 0 Å². The van der Waals surface area contributed by atoms with Crippen LogP contribution >= 0.6 is 11.8 Å². The molecule has 0 heterocycles. The Morgan fingerprint density at radius 3 is 2.21 bits per heavy atom. The van der Waals surface area contributed by atoms with Crippen LogP contribution in [0.25, 0.3) is 0 Å². The molecule has 4 aliphatic carbocycles. The molecular formula is C26H31NOS. The molecule has 1 N–H and O–H groups in total. The Balaban J connectivity index is 1.17. The third-order valence-electron chi connectivity index (χ3n) is 7.57. The molecule has 0 radical (unpaired) electrons. The number of rotatable bonds is 6. The molecule has 4 bridgehead atoms. The van der Waals surface area contributed by atoms with Crippen LogP contribution in [0.3, 0.4) is 0 Å². The predicted octanol–water partition coefficient (Wildman–Crippen LogP) is 6.33. The second-order valence-corrected chi connectivity index (χ2v) is 10.7.